The van der Waals surface area contributed by atoms with Crippen molar-refractivity contribution in [3.63, 3.8) is 0 Å². The number of carbonyl (C=O) groups excluding carboxylic acids is 1. The quantitative estimate of drug-likeness (QED) is 0.669. The van der Waals surface area contributed by atoms with Crippen LogP contribution in [0.2, 0.25) is 0 Å². The van der Waals surface area contributed by atoms with Crippen LogP contribution in [0.25, 0.3) is 0 Å². The average Bonchev–Trinajstić information content (AvgIpc) is 2.83. The molecule has 1 fully saturated rings. The van der Waals surface area contributed by atoms with E-state index in [2.05, 4.69) is 6.92 Å². The molecule has 3 heteroatoms. The number of hydrogen-bond acceptors (Lipinski definition) is 3. The molecular weight excluding hydrogens is 220 g/mol. The lowest BCUT2D eigenvalue weighted by Gasteiger charge is -2.20. The van der Waals surface area contributed by atoms with E-state index in [0.717, 1.165) is 11.7 Å². The zero-order valence-electron chi connectivity index (χ0n) is 10.9. The Kier molecular flexibility index (Phi) is 5.16. The summed E-state index contributed by atoms with van der Waals surface area (Å²) in [6, 6.07) is 0. The van der Waals surface area contributed by atoms with Gasteiger partial charge >= 0.3 is 5.97 Å². The van der Waals surface area contributed by atoms with E-state index >= 15 is 0 Å². The maximum Gasteiger partial charge on any atom is 0.306 e. The Morgan fingerprint density at radius 2 is 2.06 bits per heavy atom. The molecule has 1 aliphatic carbocycles. The van der Waals surface area contributed by atoms with Crippen molar-refractivity contribution in [1.29, 1.82) is 0 Å². The molecule has 0 unspecified atom stereocenters. The highest BCUT2D eigenvalue weighted by molar-refractivity contribution is 7.99. The lowest BCUT2D eigenvalue weighted by molar-refractivity contribution is -0.155. The third kappa shape index (κ3) is 7.15. The first kappa shape index (κ1) is 13.9. The van der Waals surface area contributed by atoms with Crippen LogP contribution >= 0.6 is 11.8 Å². The third-order valence-electron chi connectivity index (χ3n) is 2.39. The van der Waals surface area contributed by atoms with Gasteiger partial charge < -0.3 is 4.74 Å². The van der Waals surface area contributed by atoms with Crippen LogP contribution in [-0.2, 0) is 9.53 Å². The van der Waals surface area contributed by atoms with Gasteiger partial charge in [-0.05, 0) is 57.0 Å². The second-order valence-corrected chi connectivity index (χ2v) is 6.95. The molecule has 0 N–H and O–H groups in total. The molecule has 0 amide bonds. The van der Waals surface area contributed by atoms with Crippen LogP contribution in [0.3, 0.4) is 0 Å². The summed E-state index contributed by atoms with van der Waals surface area (Å²) in [5, 5.41) is 0. The fraction of sp³-hybridized carbons (Fsp3) is 0.923. The Balaban J connectivity index is 2.07. The van der Waals surface area contributed by atoms with Crippen molar-refractivity contribution in [3.8, 4) is 0 Å². The SMILES string of the molecule is C[C@H](CSCC1CC1)CC(=O)OC(C)(C)C. The summed E-state index contributed by atoms with van der Waals surface area (Å²) >= 11 is 1.98. The summed E-state index contributed by atoms with van der Waals surface area (Å²) in [6.45, 7) is 7.87. The first-order valence-corrected chi connectivity index (χ1v) is 7.32. The van der Waals surface area contributed by atoms with E-state index in [-0.39, 0.29) is 11.6 Å². The molecule has 1 saturated carbocycles. The van der Waals surface area contributed by atoms with Gasteiger partial charge in [0.2, 0.25) is 0 Å². The van der Waals surface area contributed by atoms with Gasteiger partial charge in [0, 0.05) is 6.42 Å². The van der Waals surface area contributed by atoms with Gasteiger partial charge in [-0.15, -0.1) is 0 Å². The second-order valence-electron chi connectivity index (χ2n) is 5.88. The predicted molar refractivity (Wildman–Crippen MR) is 69.7 cm³/mol. The Morgan fingerprint density at radius 3 is 2.56 bits per heavy atom. The van der Waals surface area contributed by atoms with Crippen LogP contribution in [-0.4, -0.2) is 23.1 Å². The Morgan fingerprint density at radius 1 is 1.44 bits per heavy atom. The van der Waals surface area contributed by atoms with Gasteiger partial charge in [0.05, 0.1) is 0 Å². The molecule has 1 atom stereocenters. The first-order chi connectivity index (χ1) is 7.37. The zero-order chi connectivity index (χ0) is 12.2. The number of ether oxygens (including phenoxy) is 1. The number of carbonyl (C=O) groups is 1. The largest absolute Gasteiger partial charge is 0.460 e. The van der Waals surface area contributed by atoms with Crippen LogP contribution in [0, 0.1) is 11.8 Å². The summed E-state index contributed by atoms with van der Waals surface area (Å²) in [5.74, 6) is 3.69. The van der Waals surface area contributed by atoms with Gasteiger partial charge in [-0.2, -0.15) is 11.8 Å². The van der Waals surface area contributed by atoms with Crippen molar-refractivity contribution in [3.05, 3.63) is 0 Å². The molecule has 0 saturated heterocycles. The van der Waals surface area contributed by atoms with E-state index in [4.69, 9.17) is 4.74 Å². The minimum atomic E-state index is -0.349. The third-order valence-corrected chi connectivity index (χ3v) is 3.90. The highest BCUT2D eigenvalue weighted by Crippen LogP contribution is 2.33. The maximum absolute atomic E-state index is 11.5. The van der Waals surface area contributed by atoms with Gasteiger partial charge in [-0.3, -0.25) is 4.79 Å². The van der Waals surface area contributed by atoms with Crippen molar-refractivity contribution >= 4 is 17.7 Å². The van der Waals surface area contributed by atoms with E-state index in [1.54, 1.807) is 0 Å². The smallest absolute Gasteiger partial charge is 0.306 e. The molecule has 0 aromatic rings. The number of rotatable bonds is 6. The Labute approximate surface area is 104 Å². The Hall–Kier alpha value is -0.180. The van der Waals surface area contributed by atoms with Gasteiger partial charge in [-0.1, -0.05) is 6.92 Å². The van der Waals surface area contributed by atoms with E-state index in [9.17, 15) is 4.79 Å². The molecule has 1 aliphatic rings. The van der Waals surface area contributed by atoms with Crippen LogP contribution < -0.4 is 0 Å². The summed E-state index contributed by atoms with van der Waals surface area (Å²) in [7, 11) is 0. The molecule has 0 aromatic heterocycles. The van der Waals surface area contributed by atoms with Crippen LogP contribution in [0.1, 0.15) is 47.0 Å². The van der Waals surface area contributed by atoms with Gasteiger partial charge in [-0.25, -0.2) is 0 Å². The first-order valence-electron chi connectivity index (χ1n) is 6.16. The standard InChI is InChI=1S/C13H24O2S/c1-10(8-16-9-11-5-6-11)7-12(14)15-13(2,3)4/h10-11H,5-9H2,1-4H3/t10-/m0/s1. The monoisotopic (exact) mass is 244 g/mol. The number of esters is 1. The van der Waals surface area contributed by atoms with Gasteiger partial charge in [0.15, 0.2) is 0 Å². The van der Waals surface area contributed by atoms with Crippen molar-refractivity contribution in [2.45, 2.75) is 52.6 Å². The van der Waals surface area contributed by atoms with Crippen LogP contribution in [0.15, 0.2) is 0 Å². The fourth-order valence-corrected chi connectivity index (χ4v) is 2.77. The number of hydrogen-bond donors (Lipinski definition) is 0. The molecular formula is C13H24O2S. The summed E-state index contributed by atoms with van der Waals surface area (Å²) in [6.07, 6.45) is 3.37. The topological polar surface area (TPSA) is 26.3 Å². The molecule has 0 bridgehead atoms. The molecule has 0 spiro atoms. The van der Waals surface area contributed by atoms with E-state index < -0.39 is 0 Å². The predicted octanol–water partition coefficient (Wildman–Crippen LogP) is 3.50. The van der Waals surface area contributed by atoms with Crippen molar-refractivity contribution < 1.29 is 9.53 Å². The van der Waals surface area contributed by atoms with Crippen LogP contribution in [0.4, 0.5) is 0 Å². The highest BCUT2D eigenvalue weighted by Gasteiger charge is 2.22. The molecule has 16 heavy (non-hydrogen) atoms. The summed E-state index contributed by atoms with van der Waals surface area (Å²) in [4.78, 5) is 11.5. The normalized spacial score (nSPS) is 18.2. The molecule has 0 radical (unpaired) electrons. The summed E-state index contributed by atoms with van der Waals surface area (Å²) < 4.78 is 5.30. The van der Waals surface area contributed by atoms with Crippen molar-refractivity contribution in [2.75, 3.05) is 11.5 Å². The fourth-order valence-electron chi connectivity index (χ4n) is 1.45. The summed E-state index contributed by atoms with van der Waals surface area (Å²) in [5.41, 5.74) is -0.349. The van der Waals surface area contributed by atoms with Crippen molar-refractivity contribution in [1.82, 2.24) is 0 Å². The van der Waals surface area contributed by atoms with Gasteiger partial charge in [0.1, 0.15) is 5.60 Å². The lowest BCUT2D eigenvalue weighted by Crippen LogP contribution is -2.25. The molecule has 94 valence electrons. The molecule has 0 aromatic carbocycles. The van der Waals surface area contributed by atoms with E-state index in [1.807, 2.05) is 32.5 Å². The minimum Gasteiger partial charge on any atom is -0.460 e. The lowest BCUT2D eigenvalue weighted by atomic mass is 10.1. The molecule has 0 heterocycles. The minimum absolute atomic E-state index is 0.0629. The van der Waals surface area contributed by atoms with Crippen LogP contribution in [0.5, 0.6) is 0 Å². The van der Waals surface area contributed by atoms with Crippen molar-refractivity contribution in [2.24, 2.45) is 11.8 Å². The maximum atomic E-state index is 11.5. The molecule has 1 rings (SSSR count). The Bertz CT molecular complexity index is 229. The zero-order valence-corrected chi connectivity index (χ0v) is 11.7. The number of thioether (sulfide) groups is 1. The average molecular weight is 244 g/mol. The second kappa shape index (κ2) is 5.95. The molecule has 0 aliphatic heterocycles. The van der Waals surface area contributed by atoms with Gasteiger partial charge in [0.25, 0.3) is 0 Å². The van der Waals surface area contributed by atoms with E-state index in [1.165, 1.54) is 18.6 Å². The molecule has 2 nitrogen and oxygen atoms in total. The highest BCUT2D eigenvalue weighted by atomic mass is 32.2. The van der Waals surface area contributed by atoms with E-state index in [0.29, 0.717) is 12.3 Å².